The molecule has 0 aliphatic heterocycles. The molecule has 0 spiro atoms. The van der Waals surface area contributed by atoms with Crippen LogP contribution >= 0.6 is 0 Å². The smallest absolute Gasteiger partial charge is 0.224 e. The van der Waals surface area contributed by atoms with Gasteiger partial charge in [0.15, 0.2) is 0 Å². The molecule has 0 fully saturated rings. The molecule has 0 unspecified atom stereocenters. The Kier molecular flexibility index (Phi) is 8.29. The average Bonchev–Trinajstić information content (AvgIpc) is 2.89. The fourth-order valence-electron chi connectivity index (χ4n) is 3.89. The van der Waals surface area contributed by atoms with Crippen LogP contribution in [0.25, 0.3) is 10.9 Å². The molecule has 0 saturated carbocycles. The fourth-order valence-corrected chi connectivity index (χ4v) is 3.89. The van der Waals surface area contributed by atoms with Gasteiger partial charge in [0.05, 0.1) is 22.5 Å². The van der Waals surface area contributed by atoms with Crippen LogP contribution in [0.2, 0.25) is 0 Å². The number of carbonyl (C=O) groups excluding carboxylic acids is 1. The van der Waals surface area contributed by atoms with Gasteiger partial charge >= 0.3 is 0 Å². The van der Waals surface area contributed by atoms with E-state index in [0.29, 0.717) is 35.7 Å². The number of hydrogen-bond donors (Lipinski definition) is 2. The molecule has 37 heavy (non-hydrogen) atoms. The summed E-state index contributed by atoms with van der Waals surface area (Å²) in [5.41, 5.74) is 5.05. The highest BCUT2D eigenvalue weighted by Gasteiger charge is 2.14. The van der Waals surface area contributed by atoms with Crippen molar-refractivity contribution in [2.24, 2.45) is 0 Å². The molecule has 1 amide bonds. The number of hydrogen-bond acceptors (Lipinski definition) is 7. The van der Waals surface area contributed by atoms with E-state index in [2.05, 4.69) is 31.6 Å². The van der Waals surface area contributed by atoms with Gasteiger partial charge in [-0.15, -0.1) is 0 Å². The van der Waals surface area contributed by atoms with Gasteiger partial charge in [-0.1, -0.05) is 6.07 Å². The minimum Gasteiger partial charge on any atom is -0.487 e. The van der Waals surface area contributed by atoms with Gasteiger partial charge in [-0.05, 0) is 88.1 Å². The van der Waals surface area contributed by atoms with E-state index in [1.165, 1.54) is 0 Å². The van der Waals surface area contributed by atoms with Crippen molar-refractivity contribution >= 4 is 33.9 Å². The molecule has 2 aromatic heterocycles. The summed E-state index contributed by atoms with van der Waals surface area (Å²) in [6.45, 7) is 3.16. The highest BCUT2D eigenvalue weighted by atomic mass is 16.5. The Labute approximate surface area is 216 Å². The van der Waals surface area contributed by atoms with E-state index in [0.717, 1.165) is 40.8 Å². The van der Waals surface area contributed by atoms with Crippen molar-refractivity contribution in [1.29, 1.82) is 5.26 Å². The molecule has 2 heterocycles. The second kappa shape index (κ2) is 12.0. The SMILES string of the molecule is Cc1cc2ncc(C#N)c(Nc3ccc(OCc4ccccn4)cc3)c2cc1NC(=O)CCCN(C)C. The van der Waals surface area contributed by atoms with Crippen LogP contribution in [-0.2, 0) is 11.4 Å². The zero-order valence-corrected chi connectivity index (χ0v) is 21.3. The lowest BCUT2D eigenvalue weighted by atomic mass is 10.0. The molecule has 4 rings (SSSR count). The summed E-state index contributed by atoms with van der Waals surface area (Å²) in [5.74, 6) is 0.677. The first-order valence-electron chi connectivity index (χ1n) is 12.1. The predicted molar refractivity (Wildman–Crippen MR) is 146 cm³/mol. The third kappa shape index (κ3) is 6.81. The summed E-state index contributed by atoms with van der Waals surface area (Å²) in [6.07, 6.45) is 4.51. The minimum absolute atomic E-state index is 0.0375. The summed E-state index contributed by atoms with van der Waals surface area (Å²) in [4.78, 5) is 23.3. The number of aromatic nitrogens is 2. The largest absolute Gasteiger partial charge is 0.487 e. The molecule has 8 nitrogen and oxygen atoms in total. The third-order valence-corrected chi connectivity index (χ3v) is 5.85. The lowest BCUT2D eigenvalue weighted by molar-refractivity contribution is -0.116. The first kappa shape index (κ1) is 25.6. The number of pyridine rings is 2. The van der Waals surface area contributed by atoms with Crippen LogP contribution in [0.5, 0.6) is 5.75 Å². The Bertz CT molecular complexity index is 1410. The molecule has 188 valence electrons. The van der Waals surface area contributed by atoms with Crippen molar-refractivity contribution in [3.63, 3.8) is 0 Å². The van der Waals surface area contributed by atoms with Crippen LogP contribution in [0.15, 0.2) is 67.0 Å². The number of amides is 1. The molecule has 0 radical (unpaired) electrons. The summed E-state index contributed by atoms with van der Waals surface area (Å²) in [7, 11) is 3.98. The number of nitrogens with one attached hydrogen (secondary N) is 2. The van der Waals surface area contributed by atoms with Gasteiger partial charge in [-0.2, -0.15) is 5.26 Å². The zero-order chi connectivity index (χ0) is 26.2. The summed E-state index contributed by atoms with van der Waals surface area (Å²) >= 11 is 0. The van der Waals surface area contributed by atoms with Crippen LogP contribution in [0.1, 0.15) is 29.7 Å². The van der Waals surface area contributed by atoms with Gasteiger partial charge in [0.1, 0.15) is 18.4 Å². The Morgan fingerprint density at radius 2 is 1.92 bits per heavy atom. The molecule has 0 saturated heterocycles. The average molecular weight is 495 g/mol. The van der Waals surface area contributed by atoms with Crippen LogP contribution in [0.4, 0.5) is 17.1 Å². The van der Waals surface area contributed by atoms with Gasteiger partial charge in [-0.25, -0.2) is 0 Å². The maximum absolute atomic E-state index is 12.5. The number of anilines is 3. The number of nitriles is 1. The van der Waals surface area contributed by atoms with Crippen molar-refractivity contribution < 1.29 is 9.53 Å². The Morgan fingerprint density at radius 3 is 2.62 bits per heavy atom. The number of ether oxygens (including phenoxy) is 1. The first-order chi connectivity index (χ1) is 17.9. The molecular formula is C29H30N6O2. The van der Waals surface area contributed by atoms with E-state index in [1.54, 1.807) is 12.4 Å². The number of carbonyl (C=O) groups is 1. The van der Waals surface area contributed by atoms with E-state index < -0.39 is 0 Å². The highest BCUT2D eigenvalue weighted by molar-refractivity contribution is 6.01. The molecule has 4 aromatic rings. The van der Waals surface area contributed by atoms with E-state index in [4.69, 9.17) is 4.74 Å². The molecule has 0 atom stereocenters. The van der Waals surface area contributed by atoms with Crippen LogP contribution in [-0.4, -0.2) is 41.4 Å². The molecule has 0 bridgehead atoms. The molecule has 8 heteroatoms. The van der Waals surface area contributed by atoms with Crippen LogP contribution < -0.4 is 15.4 Å². The van der Waals surface area contributed by atoms with E-state index in [9.17, 15) is 10.1 Å². The van der Waals surface area contributed by atoms with Crippen molar-refractivity contribution in [2.75, 3.05) is 31.3 Å². The second-order valence-electron chi connectivity index (χ2n) is 9.06. The van der Waals surface area contributed by atoms with Gasteiger partial charge in [0.25, 0.3) is 0 Å². The number of fused-ring (bicyclic) bond motifs is 1. The Balaban J connectivity index is 1.54. The second-order valence-corrected chi connectivity index (χ2v) is 9.06. The Morgan fingerprint density at radius 1 is 1.11 bits per heavy atom. The van der Waals surface area contributed by atoms with Crippen molar-refractivity contribution in [1.82, 2.24) is 14.9 Å². The maximum Gasteiger partial charge on any atom is 0.224 e. The lowest BCUT2D eigenvalue weighted by Crippen LogP contribution is -2.17. The standard InChI is InChI=1S/C29H30N6O2/c1-20-15-27-25(16-26(20)34-28(36)8-6-14-35(2)3)29(21(17-30)18-32-27)33-22-9-11-24(12-10-22)37-19-23-7-4-5-13-31-23/h4-5,7,9-13,15-16,18H,6,8,14,19H2,1-3H3,(H,32,33)(H,34,36). The predicted octanol–water partition coefficient (Wildman–Crippen LogP) is 5.41. The number of rotatable bonds is 10. The topological polar surface area (TPSA) is 103 Å². The van der Waals surface area contributed by atoms with Crippen molar-refractivity contribution in [2.45, 2.75) is 26.4 Å². The van der Waals surface area contributed by atoms with Gasteiger partial charge in [-0.3, -0.25) is 14.8 Å². The maximum atomic E-state index is 12.5. The summed E-state index contributed by atoms with van der Waals surface area (Å²) < 4.78 is 5.82. The zero-order valence-electron chi connectivity index (χ0n) is 21.3. The number of aryl methyl sites for hydroxylation is 1. The van der Waals surface area contributed by atoms with E-state index in [-0.39, 0.29) is 5.91 Å². The van der Waals surface area contributed by atoms with Gasteiger partial charge in [0.2, 0.25) is 5.91 Å². The lowest BCUT2D eigenvalue weighted by Gasteiger charge is -2.15. The quantitative estimate of drug-likeness (QED) is 0.304. The monoisotopic (exact) mass is 494 g/mol. The van der Waals surface area contributed by atoms with E-state index >= 15 is 0 Å². The molecule has 0 aliphatic carbocycles. The first-order valence-corrected chi connectivity index (χ1v) is 12.1. The molecule has 0 aliphatic rings. The third-order valence-electron chi connectivity index (χ3n) is 5.85. The fraction of sp³-hybridized carbons (Fsp3) is 0.241. The van der Waals surface area contributed by atoms with Crippen LogP contribution in [0.3, 0.4) is 0 Å². The molecule has 2 N–H and O–H groups in total. The molecular weight excluding hydrogens is 464 g/mol. The van der Waals surface area contributed by atoms with E-state index in [1.807, 2.05) is 75.6 Å². The summed E-state index contributed by atoms with van der Waals surface area (Å²) in [6, 6.07) is 19.2. The molecule has 2 aromatic carbocycles. The highest BCUT2D eigenvalue weighted by Crippen LogP contribution is 2.33. The minimum atomic E-state index is -0.0375. The normalized spacial score (nSPS) is 10.8. The van der Waals surface area contributed by atoms with Crippen LogP contribution in [0, 0.1) is 18.3 Å². The van der Waals surface area contributed by atoms with Crippen molar-refractivity contribution in [3.05, 3.63) is 83.8 Å². The number of nitrogens with zero attached hydrogens (tertiary/aromatic N) is 4. The van der Waals surface area contributed by atoms with Crippen molar-refractivity contribution in [3.8, 4) is 11.8 Å². The van der Waals surface area contributed by atoms with Gasteiger partial charge in [0, 0.05) is 35.6 Å². The summed E-state index contributed by atoms with van der Waals surface area (Å²) in [5, 5.41) is 16.9. The van der Waals surface area contributed by atoms with Gasteiger partial charge < -0.3 is 20.3 Å². The Hall–Kier alpha value is -4.48. The number of benzene rings is 2.